The zero-order valence-corrected chi connectivity index (χ0v) is 13.3. The highest BCUT2D eigenvalue weighted by molar-refractivity contribution is 7.98. The molecule has 0 saturated carbocycles. The summed E-state index contributed by atoms with van der Waals surface area (Å²) in [6.07, 6.45) is 3.18. The maximum atomic E-state index is 7.90. The van der Waals surface area contributed by atoms with E-state index in [1.54, 1.807) is 11.8 Å². The van der Waals surface area contributed by atoms with E-state index in [9.17, 15) is 0 Å². The molecule has 1 aromatic rings. The molecule has 0 amide bonds. The van der Waals surface area contributed by atoms with Gasteiger partial charge in [-0.15, -0.1) is 11.8 Å². The SMILES string of the molecule is CCC1CN(c2cccc(SC)c2C(=N)N)CCN1C. The standard InChI is InChI=1S/C15H24N4S/c1-4-11-10-19(9-8-18(11)2)12-6-5-7-13(20-3)14(12)15(16)17/h5-7,11H,4,8-10H2,1-3H3,(H3,16,17). The molecule has 1 atom stereocenters. The first-order valence-electron chi connectivity index (χ1n) is 7.05. The van der Waals surface area contributed by atoms with Crippen LogP contribution in [0, 0.1) is 5.41 Å². The molecule has 0 aromatic heterocycles. The van der Waals surface area contributed by atoms with Gasteiger partial charge >= 0.3 is 0 Å². The number of benzene rings is 1. The van der Waals surface area contributed by atoms with E-state index in [4.69, 9.17) is 11.1 Å². The molecule has 1 aliphatic rings. The van der Waals surface area contributed by atoms with Gasteiger partial charge in [0.1, 0.15) is 5.84 Å². The summed E-state index contributed by atoms with van der Waals surface area (Å²) in [6, 6.07) is 6.76. The number of amidine groups is 1. The van der Waals surface area contributed by atoms with E-state index in [1.165, 1.54) is 0 Å². The summed E-state index contributed by atoms with van der Waals surface area (Å²) < 4.78 is 0. The molecular weight excluding hydrogens is 268 g/mol. The van der Waals surface area contributed by atoms with Crippen LogP contribution in [0.1, 0.15) is 18.9 Å². The molecule has 1 heterocycles. The van der Waals surface area contributed by atoms with Crippen molar-refractivity contribution in [2.75, 3.05) is 37.8 Å². The van der Waals surface area contributed by atoms with Gasteiger partial charge in [-0.2, -0.15) is 0 Å². The Hall–Kier alpha value is -1.20. The van der Waals surface area contributed by atoms with Crippen LogP contribution in [0.3, 0.4) is 0 Å². The monoisotopic (exact) mass is 292 g/mol. The number of nitrogens with one attached hydrogen (secondary N) is 1. The number of likely N-dealkylation sites (N-methyl/N-ethyl adjacent to an activating group) is 1. The Labute approximate surface area is 125 Å². The summed E-state index contributed by atoms with van der Waals surface area (Å²) in [5.74, 6) is 0.164. The summed E-state index contributed by atoms with van der Waals surface area (Å²) in [4.78, 5) is 5.88. The molecule has 0 radical (unpaired) electrons. The van der Waals surface area contributed by atoms with E-state index in [2.05, 4.69) is 35.9 Å². The highest BCUT2D eigenvalue weighted by Crippen LogP contribution is 2.30. The minimum Gasteiger partial charge on any atom is -0.384 e. The van der Waals surface area contributed by atoms with Gasteiger partial charge in [-0.05, 0) is 31.9 Å². The summed E-state index contributed by atoms with van der Waals surface area (Å²) in [6.45, 7) is 5.28. The zero-order chi connectivity index (χ0) is 14.7. The molecule has 4 nitrogen and oxygen atoms in total. The van der Waals surface area contributed by atoms with Crippen molar-refractivity contribution in [1.82, 2.24) is 4.90 Å². The van der Waals surface area contributed by atoms with E-state index in [1.807, 2.05) is 12.3 Å². The van der Waals surface area contributed by atoms with Crippen molar-refractivity contribution in [3.05, 3.63) is 23.8 Å². The lowest BCUT2D eigenvalue weighted by Crippen LogP contribution is -2.51. The lowest BCUT2D eigenvalue weighted by Gasteiger charge is -2.41. The van der Waals surface area contributed by atoms with Crippen molar-refractivity contribution < 1.29 is 0 Å². The van der Waals surface area contributed by atoms with Crippen molar-refractivity contribution >= 4 is 23.3 Å². The molecule has 1 unspecified atom stereocenters. The Bertz CT molecular complexity index is 489. The normalized spacial score (nSPS) is 20.1. The lowest BCUT2D eigenvalue weighted by atomic mass is 10.1. The molecule has 0 bridgehead atoms. The third-order valence-electron chi connectivity index (χ3n) is 4.08. The van der Waals surface area contributed by atoms with Crippen LogP contribution in [0.15, 0.2) is 23.1 Å². The fraction of sp³-hybridized carbons (Fsp3) is 0.533. The van der Waals surface area contributed by atoms with Crippen LogP contribution in [0.4, 0.5) is 5.69 Å². The van der Waals surface area contributed by atoms with Crippen LogP contribution < -0.4 is 10.6 Å². The highest BCUT2D eigenvalue weighted by atomic mass is 32.2. The van der Waals surface area contributed by atoms with Crippen molar-refractivity contribution in [3.63, 3.8) is 0 Å². The Morgan fingerprint density at radius 1 is 1.45 bits per heavy atom. The van der Waals surface area contributed by atoms with E-state index in [0.29, 0.717) is 6.04 Å². The lowest BCUT2D eigenvalue weighted by molar-refractivity contribution is 0.213. The van der Waals surface area contributed by atoms with Gasteiger partial charge in [0.05, 0.1) is 5.56 Å². The summed E-state index contributed by atoms with van der Waals surface area (Å²) in [5, 5.41) is 7.90. The minimum absolute atomic E-state index is 0.164. The average Bonchev–Trinajstić information content (AvgIpc) is 2.46. The maximum absolute atomic E-state index is 7.90. The largest absolute Gasteiger partial charge is 0.384 e. The number of nitrogen functional groups attached to an aromatic ring is 1. The van der Waals surface area contributed by atoms with Gasteiger partial charge in [0.2, 0.25) is 0 Å². The first kappa shape index (κ1) is 15.2. The van der Waals surface area contributed by atoms with Crippen molar-refractivity contribution in [2.45, 2.75) is 24.3 Å². The number of hydrogen-bond acceptors (Lipinski definition) is 4. The molecule has 110 valence electrons. The topological polar surface area (TPSA) is 56.4 Å². The molecule has 1 saturated heterocycles. The van der Waals surface area contributed by atoms with Crippen LogP contribution in [-0.2, 0) is 0 Å². The number of rotatable bonds is 4. The predicted molar refractivity (Wildman–Crippen MR) is 88.2 cm³/mol. The average molecular weight is 292 g/mol. The Morgan fingerprint density at radius 3 is 2.80 bits per heavy atom. The second-order valence-corrected chi connectivity index (χ2v) is 6.10. The quantitative estimate of drug-likeness (QED) is 0.507. The van der Waals surface area contributed by atoms with Gasteiger partial charge < -0.3 is 10.6 Å². The maximum Gasteiger partial charge on any atom is 0.126 e. The van der Waals surface area contributed by atoms with E-state index >= 15 is 0 Å². The summed E-state index contributed by atoms with van der Waals surface area (Å²) in [5.41, 5.74) is 7.82. The molecule has 1 fully saturated rings. The molecule has 20 heavy (non-hydrogen) atoms. The molecule has 1 aliphatic heterocycles. The Kier molecular flexibility index (Phi) is 4.94. The van der Waals surface area contributed by atoms with E-state index in [-0.39, 0.29) is 5.84 Å². The van der Waals surface area contributed by atoms with Crippen LogP contribution in [-0.4, -0.2) is 49.7 Å². The van der Waals surface area contributed by atoms with Gasteiger partial charge in [0.15, 0.2) is 0 Å². The minimum atomic E-state index is 0.164. The van der Waals surface area contributed by atoms with Crippen molar-refractivity contribution in [3.8, 4) is 0 Å². The van der Waals surface area contributed by atoms with E-state index in [0.717, 1.165) is 42.2 Å². The summed E-state index contributed by atoms with van der Waals surface area (Å²) in [7, 11) is 2.19. The van der Waals surface area contributed by atoms with Crippen molar-refractivity contribution in [2.24, 2.45) is 5.73 Å². The predicted octanol–water partition coefficient (Wildman–Crippen LogP) is 2.22. The fourth-order valence-corrected chi connectivity index (χ4v) is 3.46. The van der Waals surface area contributed by atoms with E-state index < -0.39 is 0 Å². The van der Waals surface area contributed by atoms with Gasteiger partial charge in [-0.3, -0.25) is 10.3 Å². The van der Waals surface area contributed by atoms with Gasteiger partial charge in [-0.25, -0.2) is 0 Å². The third kappa shape index (κ3) is 2.94. The second-order valence-electron chi connectivity index (χ2n) is 5.26. The molecule has 5 heteroatoms. The number of piperazine rings is 1. The molecule has 2 rings (SSSR count). The number of nitrogens with two attached hydrogens (primary N) is 1. The van der Waals surface area contributed by atoms with Gasteiger partial charge in [-0.1, -0.05) is 13.0 Å². The molecular formula is C15H24N4S. The first-order chi connectivity index (χ1) is 9.58. The fourth-order valence-electron chi connectivity index (χ4n) is 2.83. The molecule has 0 spiro atoms. The number of hydrogen-bond donors (Lipinski definition) is 2. The van der Waals surface area contributed by atoms with Crippen LogP contribution in [0.25, 0.3) is 0 Å². The number of nitrogens with zero attached hydrogens (tertiary/aromatic N) is 2. The Balaban J connectivity index is 2.35. The van der Waals surface area contributed by atoms with Crippen LogP contribution in [0.5, 0.6) is 0 Å². The number of thioether (sulfide) groups is 1. The second kappa shape index (κ2) is 6.50. The van der Waals surface area contributed by atoms with Gasteiger partial charge in [0.25, 0.3) is 0 Å². The number of anilines is 1. The summed E-state index contributed by atoms with van der Waals surface area (Å²) >= 11 is 1.65. The van der Waals surface area contributed by atoms with Crippen LogP contribution >= 0.6 is 11.8 Å². The zero-order valence-electron chi connectivity index (χ0n) is 12.5. The molecule has 3 N–H and O–H groups in total. The smallest absolute Gasteiger partial charge is 0.126 e. The Morgan fingerprint density at radius 2 is 2.20 bits per heavy atom. The highest BCUT2D eigenvalue weighted by Gasteiger charge is 2.25. The third-order valence-corrected chi connectivity index (χ3v) is 4.86. The molecule has 1 aromatic carbocycles. The molecule has 0 aliphatic carbocycles. The van der Waals surface area contributed by atoms with Crippen molar-refractivity contribution in [1.29, 1.82) is 5.41 Å². The van der Waals surface area contributed by atoms with Gasteiger partial charge in [0, 0.05) is 36.3 Å². The van der Waals surface area contributed by atoms with Crippen LogP contribution in [0.2, 0.25) is 0 Å². The first-order valence-corrected chi connectivity index (χ1v) is 8.27.